The number of halogens is 1. The van der Waals surface area contributed by atoms with Crippen molar-refractivity contribution < 1.29 is 23.4 Å². The number of sulfone groups is 1. The van der Waals surface area contributed by atoms with E-state index >= 15 is 0 Å². The van der Waals surface area contributed by atoms with Crippen LogP contribution in [0.25, 0.3) is 11.1 Å². The average Bonchev–Trinajstić information content (AvgIpc) is 2.66. The van der Waals surface area contributed by atoms with Crippen LogP contribution in [0.3, 0.4) is 0 Å². The number of benzene rings is 2. The van der Waals surface area contributed by atoms with Crippen molar-refractivity contribution in [1.29, 1.82) is 0 Å². The van der Waals surface area contributed by atoms with E-state index in [0.717, 1.165) is 48.1 Å². The molecule has 0 amide bonds. The van der Waals surface area contributed by atoms with Gasteiger partial charge in [0.15, 0.2) is 15.6 Å². The zero-order valence-electron chi connectivity index (χ0n) is 17.1. The van der Waals surface area contributed by atoms with Gasteiger partial charge < -0.3 is 10.2 Å². The summed E-state index contributed by atoms with van der Waals surface area (Å²) in [7, 11) is -3.95. The van der Waals surface area contributed by atoms with Crippen molar-refractivity contribution in [3.8, 4) is 16.9 Å². The van der Waals surface area contributed by atoms with E-state index in [-0.39, 0.29) is 15.3 Å². The Hall–Kier alpha value is -2.05. The first-order valence-corrected chi connectivity index (χ1v) is 12.8. The van der Waals surface area contributed by atoms with Gasteiger partial charge in [0.25, 0.3) is 0 Å². The maximum Gasteiger partial charge on any atom is 0.319 e. The maximum atomic E-state index is 12.2. The molecule has 2 N–H and O–H groups in total. The van der Waals surface area contributed by atoms with Crippen molar-refractivity contribution in [2.45, 2.75) is 48.8 Å². The van der Waals surface area contributed by atoms with E-state index in [0.29, 0.717) is 11.3 Å². The lowest BCUT2D eigenvalue weighted by Crippen LogP contribution is -2.48. The molecule has 6 rings (SSSR count). The van der Waals surface area contributed by atoms with E-state index in [4.69, 9.17) is 16.7 Å². The summed E-state index contributed by atoms with van der Waals surface area (Å²) in [6, 6.07) is 9.87. The Labute approximate surface area is 187 Å². The Morgan fingerprint density at radius 3 is 2.16 bits per heavy atom. The van der Waals surface area contributed by atoms with E-state index in [1.54, 1.807) is 18.2 Å². The van der Waals surface area contributed by atoms with Crippen LogP contribution in [0.1, 0.15) is 44.1 Å². The second-order valence-electron chi connectivity index (χ2n) is 9.72. The first kappa shape index (κ1) is 20.8. The zero-order chi connectivity index (χ0) is 22.0. The normalized spacial score (nSPS) is 29.3. The quantitative estimate of drug-likeness (QED) is 0.652. The van der Waals surface area contributed by atoms with Gasteiger partial charge in [0.1, 0.15) is 5.75 Å². The summed E-state index contributed by atoms with van der Waals surface area (Å²) in [4.78, 5) is 10.8. The molecule has 2 aromatic rings. The van der Waals surface area contributed by atoms with Gasteiger partial charge in [-0.2, -0.15) is 0 Å². The lowest BCUT2D eigenvalue weighted by atomic mass is 9.48. The number of hydrogen-bond acceptors (Lipinski definition) is 4. The summed E-state index contributed by atoms with van der Waals surface area (Å²) in [5.74, 6) is 0.184. The molecule has 0 atom stereocenters. The van der Waals surface area contributed by atoms with Crippen molar-refractivity contribution in [1.82, 2.24) is 0 Å². The molecule has 164 valence electrons. The van der Waals surface area contributed by atoms with Gasteiger partial charge in [-0.25, -0.2) is 8.42 Å². The number of carboxylic acid groups (broad SMARTS) is 1. The largest absolute Gasteiger partial charge is 0.508 e. The molecule has 4 aliphatic carbocycles. The molecule has 4 aliphatic rings. The van der Waals surface area contributed by atoms with E-state index in [1.807, 2.05) is 6.07 Å². The Kier molecular flexibility index (Phi) is 4.87. The van der Waals surface area contributed by atoms with E-state index in [9.17, 15) is 18.3 Å². The van der Waals surface area contributed by atoms with Gasteiger partial charge >= 0.3 is 5.97 Å². The number of carbonyl (C=O) groups is 1. The third kappa shape index (κ3) is 3.64. The smallest absolute Gasteiger partial charge is 0.319 e. The van der Waals surface area contributed by atoms with Crippen LogP contribution >= 0.6 is 11.6 Å². The van der Waals surface area contributed by atoms with Crippen LogP contribution in [0, 0.1) is 17.8 Å². The third-order valence-corrected chi connectivity index (χ3v) is 9.44. The van der Waals surface area contributed by atoms with Gasteiger partial charge in [0.2, 0.25) is 0 Å². The lowest BCUT2D eigenvalue weighted by Gasteiger charge is -2.57. The molecule has 4 bridgehead atoms. The molecule has 2 aromatic carbocycles. The minimum atomic E-state index is -3.95. The number of carboxylic acids is 1. The molecule has 0 radical (unpaired) electrons. The third-order valence-electron chi connectivity index (χ3n) is 7.53. The fourth-order valence-electron chi connectivity index (χ4n) is 6.74. The number of hydrogen-bond donors (Lipinski definition) is 2. The van der Waals surface area contributed by atoms with Gasteiger partial charge in [0, 0.05) is 16.1 Å². The Morgan fingerprint density at radius 2 is 1.61 bits per heavy atom. The first-order valence-electron chi connectivity index (χ1n) is 10.7. The summed E-state index contributed by atoms with van der Waals surface area (Å²) in [5, 5.41) is 19.9. The molecule has 0 aliphatic heterocycles. The molecule has 31 heavy (non-hydrogen) atoms. The van der Waals surface area contributed by atoms with Crippen LogP contribution in [0.5, 0.6) is 5.75 Å². The van der Waals surface area contributed by atoms with Gasteiger partial charge in [-0.1, -0.05) is 23.7 Å². The topological polar surface area (TPSA) is 91.7 Å². The molecule has 7 heteroatoms. The summed E-state index contributed by atoms with van der Waals surface area (Å²) in [6.07, 6.45) is 7.32. The highest BCUT2D eigenvalue weighted by atomic mass is 35.5. The second kappa shape index (κ2) is 7.24. The summed E-state index contributed by atoms with van der Waals surface area (Å²) < 4.78 is 24.5. The Morgan fingerprint density at radius 1 is 1.00 bits per heavy atom. The number of aromatic hydroxyl groups is 1. The minimum Gasteiger partial charge on any atom is -0.508 e. The van der Waals surface area contributed by atoms with Gasteiger partial charge in [-0.05, 0) is 91.5 Å². The van der Waals surface area contributed by atoms with Crippen molar-refractivity contribution in [2.24, 2.45) is 17.8 Å². The van der Waals surface area contributed by atoms with Crippen molar-refractivity contribution in [3.63, 3.8) is 0 Å². The average molecular weight is 461 g/mol. The predicted octanol–water partition coefficient (Wildman–Crippen LogP) is 5.04. The molecule has 4 saturated carbocycles. The molecule has 0 spiro atoms. The molecule has 0 heterocycles. The second-order valence-corrected chi connectivity index (χ2v) is 12.1. The van der Waals surface area contributed by atoms with Crippen molar-refractivity contribution in [2.75, 3.05) is 5.75 Å². The SMILES string of the molecule is O=C(O)CS(=O)(=O)c1ccc(-c2ccc(O)c(C34CC5CC(CC(C5)C3)C4)c2)c(Cl)c1. The molecule has 0 unspecified atom stereocenters. The summed E-state index contributed by atoms with van der Waals surface area (Å²) in [6.45, 7) is 0. The zero-order valence-corrected chi connectivity index (χ0v) is 18.6. The number of aliphatic carboxylic acids is 1. The minimum absolute atomic E-state index is 0.0199. The summed E-state index contributed by atoms with van der Waals surface area (Å²) >= 11 is 6.44. The van der Waals surface area contributed by atoms with Crippen molar-refractivity contribution >= 4 is 27.4 Å². The van der Waals surface area contributed by atoms with Crippen LogP contribution in [-0.2, 0) is 20.0 Å². The van der Waals surface area contributed by atoms with Gasteiger partial charge in [0.05, 0.1) is 4.90 Å². The molecule has 5 nitrogen and oxygen atoms in total. The number of rotatable bonds is 5. The van der Waals surface area contributed by atoms with Gasteiger partial charge in [-0.15, -0.1) is 0 Å². The number of phenols is 1. The first-order chi connectivity index (χ1) is 14.6. The predicted molar refractivity (Wildman–Crippen MR) is 118 cm³/mol. The maximum absolute atomic E-state index is 12.2. The molecular weight excluding hydrogens is 436 g/mol. The molecular formula is C24H25ClO5S. The Balaban J connectivity index is 1.52. The van der Waals surface area contributed by atoms with E-state index in [1.165, 1.54) is 31.4 Å². The highest BCUT2D eigenvalue weighted by Gasteiger charge is 2.52. The van der Waals surface area contributed by atoms with E-state index in [2.05, 4.69) is 0 Å². The molecule has 0 saturated heterocycles. The van der Waals surface area contributed by atoms with Crippen LogP contribution in [0.2, 0.25) is 5.02 Å². The van der Waals surface area contributed by atoms with Crippen LogP contribution in [0.15, 0.2) is 41.3 Å². The fourth-order valence-corrected chi connectivity index (χ4v) is 8.16. The van der Waals surface area contributed by atoms with Gasteiger partial charge in [-0.3, -0.25) is 4.79 Å². The van der Waals surface area contributed by atoms with Crippen LogP contribution < -0.4 is 0 Å². The highest BCUT2D eigenvalue weighted by Crippen LogP contribution is 2.62. The lowest BCUT2D eigenvalue weighted by molar-refractivity contribution is -0.134. The standard InChI is InChI=1S/C24H25ClO5S/c25-21-9-18(31(29,30)13-23(27)28)2-3-19(21)17-1-4-22(26)20(8-17)24-10-14-5-15(11-24)7-16(6-14)12-24/h1-4,8-9,14-16,26H,5-7,10-13H2,(H,27,28). The highest BCUT2D eigenvalue weighted by molar-refractivity contribution is 7.92. The Bertz CT molecular complexity index is 1140. The molecule has 4 fully saturated rings. The number of phenolic OH excluding ortho intramolecular Hbond substituents is 1. The van der Waals surface area contributed by atoms with E-state index < -0.39 is 21.6 Å². The van der Waals surface area contributed by atoms with Crippen LogP contribution in [0.4, 0.5) is 0 Å². The molecule has 0 aromatic heterocycles. The van der Waals surface area contributed by atoms with Crippen LogP contribution in [-0.4, -0.2) is 30.4 Å². The fraction of sp³-hybridized carbons (Fsp3) is 0.458. The monoisotopic (exact) mass is 460 g/mol. The van der Waals surface area contributed by atoms with Crippen molar-refractivity contribution in [3.05, 3.63) is 47.0 Å². The summed E-state index contributed by atoms with van der Waals surface area (Å²) in [5.41, 5.74) is 2.51.